The van der Waals surface area contributed by atoms with Gasteiger partial charge in [-0.15, -0.1) is 0 Å². The fourth-order valence-corrected chi connectivity index (χ4v) is 3.49. The monoisotopic (exact) mass is 416 g/mol. The third-order valence-electron chi connectivity index (χ3n) is 5.48. The molecular weight excluding hydrogens is 395 g/mol. The predicted octanol–water partition coefficient (Wildman–Crippen LogP) is 2.97. The molecule has 2 fully saturated rings. The van der Waals surface area contributed by atoms with E-state index in [9.17, 15) is 9.18 Å². The quantitative estimate of drug-likeness (QED) is 0.637. The lowest BCUT2D eigenvalue weighted by atomic mass is 10.1. The minimum atomic E-state index is -0.755. The van der Waals surface area contributed by atoms with E-state index < -0.39 is 6.17 Å². The van der Waals surface area contributed by atoms with E-state index in [-0.39, 0.29) is 11.8 Å². The molecule has 5 rings (SSSR count). The molecule has 156 valence electrons. The van der Waals surface area contributed by atoms with Crippen LogP contribution in [0.25, 0.3) is 10.8 Å². The average molecular weight is 416 g/mol. The van der Waals surface area contributed by atoms with Crippen LogP contribution in [0, 0.1) is 17.8 Å². The number of nitrogens with zero attached hydrogens (tertiary/aromatic N) is 4. The number of rotatable bonds is 4. The molecule has 0 spiro atoms. The summed E-state index contributed by atoms with van der Waals surface area (Å²) in [6.45, 7) is 0.825. The number of hydrogen-bond acceptors (Lipinski definition) is 6. The molecule has 0 radical (unpaired) electrons. The number of amides is 1. The molecule has 4 heterocycles. The largest absolute Gasteiger partial charge is 0.373 e. The van der Waals surface area contributed by atoms with Crippen LogP contribution in [0.3, 0.4) is 0 Å². The SMILES string of the molecule is CNc1ncc(C#Cc2ccc(N3CC(F)C3)cn2)c2cc(NC(=O)C3CC3)ncc12. The van der Waals surface area contributed by atoms with Crippen LogP contribution in [0.5, 0.6) is 0 Å². The van der Waals surface area contributed by atoms with Gasteiger partial charge in [-0.3, -0.25) is 4.79 Å². The van der Waals surface area contributed by atoms with Gasteiger partial charge in [0.05, 0.1) is 30.5 Å². The number of alkyl halides is 1. The minimum Gasteiger partial charge on any atom is -0.373 e. The highest BCUT2D eigenvalue weighted by Gasteiger charge is 2.30. The zero-order valence-corrected chi connectivity index (χ0v) is 17.0. The van der Waals surface area contributed by atoms with Crippen molar-refractivity contribution >= 4 is 34.0 Å². The van der Waals surface area contributed by atoms with Crippen molar-refractivity contribution in [1.82, 2.24) is 15.0 Å². The van der Waals surface area contributed by atoms with Gasteiger partial charge < -0.3 is 15.5 Å². The summed E-state index contributed by atoms with van der Waals surface area (Å²) in [6.07, 6.45) is 6.22. The summed E-state index contributed by atoms with van der Waals surface area (Å²) >= 11 is 0. The average Bonchev–Trinajstić information content (AvgIpc) is 3.61. The molecule has 31 heavy (non-hydrogen) atoms. The molecule has 0 aromatic carbocycles. The van der Waals surface area contributed by atoms with E-state index in [2.05, 4.69) is 37.4 Å². The zero-order chi connectivity index (χ0) is 21.4. The summed E-state index contributed by atoms with van der Waals surface area (Å²) in [4.78, 5) is 27.2. The van der Waals surface area contributed by atoms with Crippen molar-refractivity contribution in [3.8, 4) is 11.8 Å². The second-order valence-corrected chi connectivity index (χ2v) is 7.80. The lowest BCUT2D eigenvalue weighted by Gasteiger charge is -2.36. The molecule has 1 aliphatic heterocycles. The second-order valence-electron chi connectivity index (χ2n) is 7.80. The van der Waals surface area contributed by atoms with Crippen molar-refractivity contribution in [2.75, 3.05) is 35.7 Å². The molecule has 8 heteroatoms. The fraction of sp³-hybridized carbons (Fsp3) is 0.304. The van der Waals surface area contributed by atoms with E-state index >= 15 is 0 Å². The highest BCUT2D eigenvalue weighted by molar-refractivity contribution is 5.99. The summed E-state index contributed by atoms with van der Waals surface area (Å²) in [5.74, 6) is 7.51. The summed E-state index contributed by atoms with van der Waals surface area (Å²) in [5.41, 5.74) is 2.22. The highest BCUT2D eigenvalue weighted by Crippen LogP contribution is 2.31. The molecular formula is C23H21FN6O. The Morgan fingerprint density at radius 1 is 1.10 bits per heavy atom. The number of halogens is 1. The first-order valence-corrected chi connectivity index (χ1v) is 10.2. The molecule has 1 aliphatic carbocycles. The van der Waals surface area contributed by atoms with Crippen LogP contribution in [0.2, 0.25) is 0 Å². The van der Waals surface area contributed by atoms with Crippen LogP contribution in [0.4, 0.5) is 21.7 Å². The molecule has 3 aromatic heterocycles. The van der Waals surface area contributed by atoms with E-state index in [0.29, 0.717) is 36.0 Å². The first kappa shape index (κ1) is 19.2. The number of carbonyl (C=O) groups is 1. The third-order valence-corrected chi connectivity index (χ3v) is 5.48. The van der Waals surface area contributed by atoms with Gasteiger partial charge in [-0.1, -0.05) is 5.92 Å². The Balaban J connectivity index is 1.44. The minimum absolute atomic E-state index is 0.00736. The first-order valence-electron chi connectivity index (χ1n) is 10.2. The molecule has 1 saturated heterocycles. The molecule has 0 atom stereocenters. The number of carbonyl (C=O) groups excluding carboxylic acids is 1. The Kier molecular flexibility index (Phi) is 4.86. The van der Waals surface area contributed by atoms with Gasteiger partial charge in [0.2, 0.25) is 5.91 Å². The van der Waals surface area contributed by atoms with Crippen molar-refractivity contribution in [2.45, 2.75) is 19.0 Å². The zero-order valence-electron chi connectivity index (χ0n) is 17.0. The van der Waals surface area contributed by atoms with Crippen molar-refractivity contribution < 1.29 is 9.18 Å². The van der Waals surface area contributed by atoms with Gasteiger partial charge in [0, 0.05) is 36.1 Å². The molecule has 2 N–H and O–H groups in total. The maximum atomic E-state index is 13.0. The van der Waals surface area contributed by atoms with E-state index in [4.69, 9.17) is 0 Å². The van der Waals surface area contributed by atoms with Crippen LogP contribution in [-0.4, -0.2) is 47.2 Å². The van der Waals surface area contributed by atoms with E-state index in [1.165, 1.54) is 0 Å². The molecule has 0 unspecified atom stereocenters. The molecule has 1 amide bonds. The fourth-order valence-electron chi connectivity index (χ4n) is 3.49. The lowest BCUT2D eigenvalue weighted by molar-refractivity contribution is -0.117. The van der Waals surface area contributed by atoms with Gasteiger partial charge in [-0.05, 0) is 37.0 Å². The van der Waals surface area contributed by atoms with Crippen LogP contribution in [-0.2, 0) is 4.79 Å². The van der Waals surface area contributed by atoms with Crippen LogP contribution in [0.15, 0.2) is 36.8 Å². The van der Waals surface area contributed by atoms with E-state index in [0.717, 1.165) is 29.3 Å². The number of fused-ring (bicyclic) bond motifs is 1. The van der Waals surface area contributed by atoms with E-state index in [1.54, 1.807) is 25.6 Å². The highest BCUT2D eigenvalue weighted by atomic mass is 19.1. The molecule has 3 aromatic rings. The van der Waals surface area contributed by atoms with Crippen molar-refractivity contribution in [2.24, 2.45) is 5.92 Å². The number of aromatic nitrogens is 3. The predicted molar refractivity (Wildman–Crippen MR) is 118 cm³/mol. The Labute approximate surface area is 179 Å². The Bertz CT molecular complexity index is 1210. The lowest BCUT2D eigenvalue weighted by Crippen LogP contribution is -2.48. The molecule has 1 saturated carbocycles. The standard InChI is InChI=1S/C23H21FN6O/c1-25-22-20-11-27-21(29-23(31)14-2-3-14)8-19(20)15(9-28-22)4-5-17-6-7-18(10-26-17)30-12-16(24)13-30/h6-11,14,16H,2-3,12-13H2,1H3,(H,25,28)(H,27,29,31). The summed E-state index contributed by atoms with van der Waals surface area (Å²) in [5, 5.41) is 7.61. The number of nitrogens with one attached hydrogen (secondary N) is 2. The molecule has 2 aliphatic rings. The smallest absolute Gasteiger partial charge is 0.228 e. The Hall–Kier alpha value is -3.73. The normalized spacial score (nSPS) is 15.7. The summed E-state index contributed by atoms with van der Waals surface area (Å²) in [6, 6.07) is 5.56. The topological polar surface area (TPSA) is 83.0 Å². The number of anilines is 3. The Morgan fingerprint density at radius 3 is 2.61 bits per heavy atom. The van der Waals surface area contributed by atoms with Gasteiger partial charge in [0.15, 0.2) is 0 Å². The van der Waals surface area contributed by atoms with Gasteiger partial charge >= 0.3 is 0 Å². The van der Waals surface area contributed by atoms with Crippen LogP contribution < -0.4 is 15.5 Å². The van der Waals surface area contributed by atoms with Gasteiger partial charge in [0.1, 0.15) is 23.5 Å². The number of hydrogen-bond donors (Lipinski definition) is 2. The van der Waals surface area contributed by atoms with Gasteiger partial charge in [-0.2, -0.15) is 0 Å². The van der Waals surface area contributed by atoms with Crippen molar-refractivity contribution in [3.63, 3.8) is 0 Å². The maximum Gasteiger partial charge on any atom is 0.228 e. The third kappa shape index (κ3) is 3.99. The molecule has 0 bridgehead atoms. The summed E-state index contributed by atoms with van der Waals surface area (Å²) in [7, 11) is 1.80. The Morgan fingerprint density at radius 2 is 1.94 bits per heavy atom. The maximum absolute atomic E-state index is 13.0. The van der Waals surface area contributed by atoms with Crippen molar-refractivity contribution in [1.29, 1.82) is 0 Å². The van der Waals surface area contributed by atoms with Crippen LogP contribution in [0.1, 0.15) is 24.1 Å². The van der Waals surface area contributed by atoms with Gasteiger partial charge in [-0.25, -0.2) is 19.3 Å². The van der Waals surface area contributed by atoms with Crippen molar-refractivity contribution in [3.05, 3.63) is 48.0 Å². The first-order chi connectivity index (χ1) is 15.1. The van der Waals surface area contributed by atoms with E-state index in [1.807, 2.05) is 23.1 Å². The van der Waals surface area contributed by atoms with Crippen LogP contribution >= 0.6 is 0 Å². The summed E-state index contributed by atoms with van der Waals surface area (Å²) < 4.78 is 13.0. The second kappa shape index (κ2) is 7.84. The van der Waals surface area contributed by atoms with Gasteiger partial charge in [0.25, 0.3) is 0 Å². The molecule has 7 nitrogen and oxygen atoms in total. The number of pyridine rings is 3.